The Morgan fingerprint density at radius 3 is 1.68 bits per heavy atom. The lowest BCUT2D eigenvalue weighted by Gasteiger charge is -2.33. The highest BCUT2D eigenvalue weighted by atomic mass is 15.3. The third-order valence-corrected chi connectivity index (χ3v) is 12.4. The van der Waals surface area contributed by atoms with Crippen molar-refractivity contribution in [3.8, 4) is 33.4 Å². The summed E-state index contributed by atoms with van der Waals surface area (Å²) in [5.74, 6) is 0. The van der Waals surface area contributed by atoms with E-state index in [9.17, 15) is 0 Å². The van der Waals surface area contributed by atoms with Crippen molar-refractivity contribution < 1.29 is 4.70 Å². The maximum absolute atomic E-state index is 4.84. The Labute approximate surface area is 307 Å². The van der Waals surface area contributed by atoms with Crippen LogP contribution in [0.15, 0.2) is 181 Å². The Balaban J connectivity index is 1.21. The van der Waals surface area contributed by atoms with Gasteiger partial charge < -0.3 is 0 Å². The maximum atomic E-state index is 4.84. The molecule has 3 aliphatic rings. The van der Waals surface area contributed by atoms with Gasteiger partial charge in [-0.25, -0.2) is 0 Å². The van der Waals surface area contributed by atoms with Gasteiger partial charge in [0.05, 0.1) is 11.0 Å². The molecule has 9 aromatic carbocycles. The summed E-state index contributed by atoms with van der Waals surface area (Å²) in [6, 6.07) is 66.0. The zero-order valence-corrected chi connectivity index (χ0v) is 29.2. The van der Waals surface area contributed by atoms with Crippen molar-refractivity contribution in [2.75, 3.05) is 7.05 Å². The van der Waals surface area contributed by atoms with Crippen LogP contribution in [-0.4, -0.2) is 11.7 Å². The standard InChI is InChI=1S/C51H33N2/c1-53-50(41-22-10-13-25-46(41)52-53)32-28-26-31(27-29-32)42-30-43-47-38-19-5-2-14-33(38)34-15-3-7-21-40(34)49(47)51(48(43)39-20-6-4-16-35(39)42)44-23-11-8-17-36(44)37-18-9-12-24-45(37)51/h2-30,50H,1H3/q+1. The highest BCUT2D eigenvalue weighted by Gasteiger charge is 2.54. The first-order chi connectivity index (χ1) is 26.2. The molecule has 0 fully saturated rings. The van der Waals surface area contributed by atoms with E-state index >= 15 is 0 Å². The molecular formula is C51H33N2+. The molecule has 0 aromatic heterocycles. The molecule has 12 rings (SSSR count). The smallest absolute Gasteiger partial charge is 0.113 e. The average molecular weight is 674 g/mol. The normalized spacial score (nSPS) is 15.7. The second kappa shape index (κ2) is 10.5. The summed E-state index contributed by atoms with van der Waals surface area (Å²) in [5, 5.41) is 12.7. The van der Waals surface area contributed by atoms with Crippen molar-refractivity contribution in [3.63, 3.8) is 0 Å². The molecule has 0 saturated carbocycles. The van der Waals surface area contributed by atoms with Crippen LogP contribution in [0.5, 0.6) is 0 Å². The van der Waals surface area contributed by atoms with Gasteiger partial charge in [0.2, 0.25) is 6.04 Å². The second-order valence-corrected chi connectivity index (χ2v) is 14.8. The van der Waals surface area contributed by atoms with Crippen molar-refractivity contribution in [2.24, 2.45) is 5.11 Å². The number of benzene rings is 9. The zero-order chi connectivity index (χ0) is 34.8. The first-order valence-corrected chi connectivity index (χ1v) is 18.6. The lowest BCUT2D eigenvalue weighted by atomic mass is 9.68. The van der Waals surface area contributed by atoms with E-state index in [2.05, 4.69) is 188 Å². The minimum absolute atomic E-state index is 0.103. The monoisotopic (exact) mass is 673 g/mol. The van der Waals surface area contributed by atoms with E-state index in [1.54, 1.807) is 0 Å². The van der Waals surface area contributed by atoms with E-state index < -0.39 is 5.41 Å². The Morgan fingerprint density at radius 1 is 0.453 bits per heavy atom. The maximum Gasteiger partial charge on any atom is 0.231 e. The molecule has 0 radical (unpaired) electrons. The molecule has 1 aliphatic heterocycles. The quantitative estimate of drug-likeness (QED) is 0.128. The van der Waals surface area contributed by atoms with Gasteiger partial charge >= 0.3 is 0 Å². The van der Waals surface area contributed by atoms with Crippen molar-refractivity contribution in [1.29, 1.82) is 0 Å². The molecule has 246 valence electrons. The van der Waals surface area contributed by atoms with Crippen LogP contribution < -0.4 is 0 Å². The van der Waals surface area contributed by atoms with Crippen LogP contribution in [-0.2, 0) is 5.41 Å². The van der Waals surface area contributed by atoms with Gasteiger partial charge in [0.15, 0.2) is 7.05 Å². The van der Waals surface area contributed by atoms with Crippen LogP contribution in [0.3, 0.4) is 0 Å². The fraction of sp³-hybridized carbons (Fsp3) is 0.0588. The average Bonchev–Trinajstić information content (AvgIpc) is 3.83. The summed E-state index contributed by atoms with van der Waals surface area (Å²) < 4.78 is 2.09. The molecule has 2 nitrogen and oxygen atoms in total. The van der Waals surface area contributed by atoms with Gasteiger partial charge in [-0.2, -0.15) is 0 Å². The topological polar surface area (TPSA) is 15.4 Å². The molecule has 53 heavy (non-hydrogen) atoms. The molecule has 0 bridgehead atoms. The molecule has 1 unspecified atom stereocenters. The third kappa shape index (κ3) is 3.63. The molecule has 1 atom stereocenters. The molecule has 0 saturated heterocycles. The van der Waals surface area contributed by atoms with Crippen LogP contribution in [0.4, 0.5) is 5.69 Å². The predicted molar refractivity (Wildman–Crippen MR) is 217 cm³/mol. The molecule has 9 aromatic rings. The first-order valence-electron chi connectivity index (χ1n) is 18.6. The number of nitrogens with zero attached hydrogens (tertiary/aromatic N) is 2. The number of fused-ring (bicyclic) bond motifs is 18. The first kappa shape index (κ1) is 29.0. The summed E-state index contributed by atoms with van der Waals surface area (Å²) >= 11 is 0. The van der Waals surface area contributed by atoms with Crippen LogP contribution in [0, 0.1) is 0 Å². The molecular weight excluding hydrogens is 641 g/mol. The van der Waals surface area contributed by atoms with E-state index in [-0.39, 0.29) is 6.04 Å². The molecule has 1 spiro atoms. The fourth-order valence-corrected chi connectivity index (χ4v) is 10.4. The molecule has 0 amide bonds. The summed E-state index contributed by atoms with van der Waals surface area (Å²) in [7, 11) is 2.08. The highest BCUT2D eigenvalue weighted by Crippen LogP contribution is 2.67. The molecule has 2 aliphatic carbocycles. The lowest BCUT2D eigenvalue weighted by Crippen LogP contribution is -2.26. The Morgan fingerprint density at radius 2 is 0.981 bits per heavy atom. The van der Waals surface area contributed by atoms with Gasteiger partial charge in [0.1, 0.15) is 5.69 Å². The summed E-state index contributed by atoms with van der Waals surface area (Å²) in [5.41, 5.74) is 16.4. The van der Waals surface area contributed by atoms with Crippen LogP contribution in [0.2, 0.25) is 0 Å². The Kier molecular flexibility index (Phi) is 5.72. The number of rotatable bonds is 2. The van der Waals surface area contributed by atoms with Gasteiger partial charge in [-0.15, -0.1) is 4.70 Å². The highest BCUT2D eigenvalue weighted by molar-refractivity contribution is 6.22. The minimum Gasteiger partial charge on any atom is -0.113 e. The van der Waals surface area contributed by atoms with Crippen LogP contribution in [0.1, 0.15) is 39.4 Å². The van der Waals surface area contributed by atoms with E-state index in [1.807, 2.05) is 0 Å². The largest absolute Gasteiger partial charge is 0.231 e. The lowest BCUT2D eigenvalue weighted by molar-refractivity contribution is -0.588. The number of hydrogen-bond acceptors (Lipinski definition) is 1. The van der Waals surface area contributed by atoms with E-state index in [4.69, 9.17) is 5.11 Å². The zero-order valence-electron chi connectivity index (χ0n) is 29.2. The van der Waals surface area contributed by atoms with Gasteiger partial charge in [0.25, 0.3) is 0 Å². The summed E-state index contributed by atoms with van der Waals surface area (Å²) in [6.45, 7) is 0. The predicted octanol–water partition coefficient (Wildman–Crippen LogP) is 13.0. The van der Waals surface area contributed by atoms with Gasteiger partial charge in [-0.3, -0.25) is 0 Å². The van der Waals surface area contributed by atoms with E-state index in [0.717, 1.165) is 5.69 Å². The Hall–Kier alpha value is -6.64. The molecule has 1 heterocycles. The van der Waals surface area contributed by atoms with E-state index in [1.165, 1.54) is 99.1 Å². The number of hydrogen-bond donors (Lipinski definition) is 0. The van der Waals surface area contributed by atoms with Crippen molar-refractivity contribution >= 4 is 38.0 Å². The van der Waals surface area contributed by atoms with Crippen LogP contribution in [0.25, 0.3) is 65.7 Å². The summed E-state index contributed by atoms with van der Waals surface area (Å²) in [4.78, 5) is 0. The summed E-state index contributed by atoms with van der Waals surface area (Å²) in [6.07, 6.45) is 0. The molecule has 2 heteroatoms. The molecule has 0 N–H and O–H groups in total. The van der Waals surface area contributed by atoms with Crippen molar-refractivity contribution in [1.82, 2.24) is 0 Å². The van der Waals surface area contributed by atoms with Gasteiger partial charge in [-0.1, -0.05) is 158 Å². The minimum atomic E-state index is -0.479. The third-order valence-electron chi connectivity index (χ3n) is 12.4. The van der Waals surface area contributed by atoms with E-state index in [0.29, 0.717) is 0 Å². The SMILES string of the molecule is C[N+]1=Nc2ccccc2C1c1ccc(-c2cc3c(c4ccccc24)C2(c4ccccc4-c4ccccc42)c2c-3c3ccccc3c3ccccc23)cc1. The number of azo groups is 2. The van der Waals surface area contributed by atoms with Crippen molar-refractivity contribution in [2.45, 2.75) is 11.5 Å². The van der Waals surface area contributed by atoms with Gasteiger partial charge in [0, 0.05) is 5.56 Å². The fourth-order valence-electron chi connectivity index (χ4n) is 10.4. The Bertz CT molecular complexity index is 3030. The van der Waals surface area contributed by atoms with Crippen molar-refractivity contribution in [3.05, 3.63) is 209 Å². The van der Waals surface area contributed by atoms with Crippen LogP contribution >= 0.6 is 0 Å². The second-order valence-electron chi connectivity index (χ2n) is 14.8. The van der Waals surface area contributed by atoms with Gasteiger partial charge in [-0.05, 0) is 111 Å².